The lowest BCUT2D eigenvalue weighted by molar-refractivity contribution is -0.901. The molecule has 6 N–H and O–H groups in total. The molecule has 2 fully saturated rings. The lowest BCUT2D eigenvalue weighted by atomic mass is 9.81. The number of aliphatic hydroxyl groups is 1. The van der Waals surface area contributed by atoms with Crippen molar-refractivity contribution in [3.8, 4) is 11.5 Å². The molecular formula is C49H67N4O7+. The number of aliphatic hydroxyl groups excluding tert-OH is 1. The SMILES string of the molecule is CCC1CC[NH+](CC(=O)c2ccccc2)C[C@@H]1OC(=O)NC(c1cccc(OCCCCCCCCCNC[C@H](O)c2ccc(O)c3[nH]c(=O)ccc23)c1)C1CCCCC1. The number of phenolic OH excluding ortho intramolecular Hbond substituents is 1. The topological polar surface area (TPSA) is 154 Å². The molecule has 2 aliphatic rings. The van der Waals surface area contributed by atoms with Gasteiger partial charge in [0.05, 0.1) is 30.8 Å². The highest BCUT2D eigenvalue weighted by Gasteiger charge is 2.36. The minimum Gasteiger partial charge on any atom is -0.506 e. The van der Waals surface area contributed by atoms with Gasteiger partial charge in [-0.15, -0.1) is 0 Å². The minimum absolute atomic E-state index is 0.0113. The van der Waals surface area contributed by atoms with E-state index in [1.165, 1.54) is 29.9 Å². The number of rotatable bonds is 22. The number of carbonyl (C=O) groups excluding carboxylic acids is 2. The molecule has 1 saturated carbocycles. The van der Waals surface area contributed by atoms with Crippen LogP contribution in [0.5, 0.6) is 11.5 Å². The van der Waals surface area contributed by atoms with Crippen LogP contribution in [-0.4, -0.2) is 72.5 Å². The monoisotopic (exact) mass is 824 g/mol. The quantitative estimate of drug-likeness (QED) is 0.0351. The highest BCUT2D eigenvalue weighted by Crippen LogP contribution is 2.36. The van der Waals surface area contributed by atoms with Crippen molar-refractivity contribution in [3.05, 3.63) is 106 Å². The van der Waals surface area contributed by atoms with Gasteiger partial charge in [-0.05, 0) is 80.0 Å². The number of phenols is 1. The van der Waals surface area contributed by atoms with Gasteiger partial charge < -0.3 is 40.2 Å². The number of pyridine rings is 1. The van der Waals surface area contributed by atoms with E-state index in [4.69, 9.17) is 9.47 Å². The van der Waals surface area contributed by atoms with Gasteiger partial charge in [0.1, 0.15) is 24.6 Å². The fourth-order valence-corrected chi connectivity index (χ4v) is 9.21. The summed E-state index contributed by atoms with van der Waals surface area (Å²) in [6, 6.07) is 23.8. The first-order chi connectivity index (χ1) is 29.3. The Morgan fingerprint density at radius 1 is 0.883 bits per heavy atom. The number of quaternary nitrogens is 1. The Balaban J connectivity index is 0.890. The van der Waals surface area contributed by atoms with Crippen molar-refractivity contribution >= 4 is 22.8 Å². The first-order valence-corrected chi connectivity index (χ1v) is 22.6. The summed E-state index contributed by atoms with van der Waals surface area (Å²) in [7, 11) is 0. The lowest BCUT2D eigenvalue weighted by Gasteiger charge is -2.36. The third kappa shape index (κ3) is 13.1. The zero-order valence-electron chi connectivity index (χ0n) is 35.5. The number of fused-ring (bicyclic) bond motifs is 1. The maximum absolute atomic E-state index is 13.7. The number of aromatic hydroxyl groups is 1. The first kappa shape index (κ1) is 44.8. The first-order valence-electron chi connectivity index (χ1n) is 22.6. The predicted molar refractivity (Wildman–Crippen MR) is 236 cm³/mol. The van der Waals surface area contributed by atoms with Crippen LogP contribution in [-0.2, 0) is 4.74 Å². The molecule has 5 atom stereocenters. The summed E-state index contributed by atoms with van der Waals surface area (Å²) in [4.78, 5) is 42.2. The minimum atomic E-state index is -0.748. The summed E-state index contributed by atoms with van der Waals surface area (Å²) in [5.74, 6) is 1.56. The molecule has 2 heterocycles. The van der Waals surface area contributed by atoms with Crippen molar-refractivity contribution in [1.82, 2.24) is 15.6 Å². The van der Waals surface area contributed by atoms with Gasteiger partial charge in [0.25, 0.3) is 0 Å². The van der Waals surface area contributed by atoms with Crippen LogP contribution in [0.2, 0.25) is 0 Å². The van der Waals surface area contributed by atoms with E-state index >= 15 is 0 Å². The number of ketones is 1. The van der Waals surface area contributed by atoms with Crippen molar-refractivity contribution in [2.24, 2.45) is 11.8 Å². The second-order valence-corrected chi connectivity index (χ2v) is 17.0. The van der Waals surface area contributed by atoms with Gasteiger partial charge in [0.2, 0.25) is 11.3 Å². The number of aromatic nitrogens is 1. The molecule has 0 spiro atoms. The molecule has 1 saturated heterocycles. The molecule has 4 aromatic rings. The summed E-state index contributed by atoms with van der Waals surface area (Å²) in [5, 5.41) is 28.2. The predicted octanol–water partition coefficient (Wildman–Crippen LogP) is 7.58. The van der Waals surface area contributed by atoms with Crippen molar-refractivity contribution in [1.29, 1.82) is 0 Å². The standard InChI is InChI=1S/C49H66N4O7/c1-2-35-27-29-53(33-44(56)36-17-10-8-11-18-36)34-45(35)60-49(58)52-47(37-19-12-9-13-20-37)38-21-16-22-39(31-38)59-30-15-7-5-3-4-6-14-28-50-32-43(55)40-23-25-42(54)48-41(40)24-26-46(57)51-48/h8,10-11,16-18,21-26,31,35,37,43,45,47,50,54-55H,2-7,9,12-15,19-20,27-30,32-34H2,1H3,(H,51,57)(H,52,58)/p+1/t35?,43-,45-,47?/m0/s1. The number of hydrogen-bond donors (Lipinski definition) is 6. The van der Waals surface area contributed by atoms with E-state index < -0.39 is 6.10 Å². The number of ether oxygens (including phenoxy) is 2. The second-order valence-electron chi connectivity index (χ2n) is 17.0. The molecule has 0 bridgehead atoms. The van der Waals surface area contributed by atoms with Crippen molar-refractivity contribution in [2.45, 2.75) is 115 Å². The number of unbranched alkanes of at least 4 members (excludes halogenated alkanes) is 6. The molecule has 1 aliphatic carbocycles. The molecule has 1 aliphatic heterocycles. The van der Waals surface area contributed by atoms with E-state index in [9.17, 15) is 24.6 Å². The Bertz CT molecular complexity index is 2000. The number of nitrogens with one attached hydrogen (secondary N) is 4. The van der Waals surface area contributed by atoms with Gasteiger partial charge >= 0.3 is 6.09 Å². The van der Waals surface area contributed by atoms with Crippen LogP contribution in [0, 0.1) is 11.8 Å². The van der Waals surface area contributed by atoms with Crippen LogP contribution in [0.15, 0.2) is 83.7 Å². The lowest BCUT2D eigenvalue weighted by Crippen LogP contribution is -3.15. The Hall–Kier alpha value is -4.71. The molecule has 6 rings (SSSR count). The number of Topliss-reactive ketones (excluding diaryl/α,β-unsaturated/α-hetero) is 1. The van der Waals surface area contributed by atoms with Gasteiger partial charge in [-0.1, -0.05) is 107 Å². The summed E-state index contributed by atoms with van der Waals surface area (Å²) in [5.41, 5.74) is 2.51. The molecule has 1 amide bonds. The van der Waals surface area contributed by atoms with Crippen LogP contribution in [0.4, 0.5) is 4.79 Å². The maximum atomic E-state index is 13.7. The molecule has 324 valence electrons. The van der Waals surface area contributed by atoms with Crippen molar-refractivity contribution in [3.63, 3.8) is 0 Å². The fraction of sp³-hybridized carbons (Fsp3) is 0.531. The maximum Gasteiger partial charge on any atom is 0.408 e. The van der Waals surface area contributed by atoms with E-state index in [0.29, 0.717) is 48.6 Å². The second kappa shape index (κ2) is 23.3. The molecule has 11 heteroatoms. The number of piperidine rings is 1. The Labute approximate surface area is 355 Å². The number of aromatic amines is 1. The van der Waals surface area contributed by atoms with Gasteiger partial charge in [0, 0.05) is 35.9 Å². The molecule has 0 radical (unpaired) electrons. The Morgan fingerprint density at radius 2 is 1.65 bits per heavy atom. The summed E-state index contributed by atoms with van der Waals surface area (Å²) >= 11 is 0. The molecule has 11 nitrogen and oxygen atoms in total. The number of benzene rings is 3. The normalized spacial score (nSPS) is 19.4. The number of alkyl carbamates (subject to hydrolysis) is 1. The van der Waals surface area contributed by atoms with E-state index in [1.807, 2.05) is 42.5 Å². The zero-order chi connectivity index (χ0) is 42.1. The van der Waals surface area contributed by atoms with Gasteiger partial charge in [-0.2, -0.15) is 0 Å². The smallest absolute Gasteiger partial charge is 0.408 e. The Kier molecular flexibility index (Phi) is 17.4. The third-order valence-corrected chi connectivity index (χ3v) is 12.7. The molecule has 3 aromatic carbocycles. The average molecular weight is 824 g/mol. The number of likely N-dealkylation sites (tertiary alicyclic amines) is 1. The van der Waals surface area contributed by atoms with E-state index in [2.05, 4.69) is 34.7 Å². The largest absolute Gasteiger partial charge is 0.506 e. The summed E-state index contributed by atoms with van der Waals surface area (Å²) in [6.45, 7) is 5.96. The van der Waals surface area contributed by atoms with E-state index in [1.54, 1.807) is 12.1 Å². The Morgan fingerprint density at radius 3 is 2.43 bits per heavy atom. The van der Waals surface area contributed by atoms with E-state index in [-0.39, 0.29) is 41.2 Å². The van der Waals surface area contributed by atoms with Crippen LogP contribution in [0.25, 0.3) is 10.9 Å². The number of carbonyl (C=O) groups is 2. The van der Waals surface area contributed by atoms with E-state index in [0.717, 1.165) is 107 Å². The van der Waals surface area contributed by atoms with Gasteiger partial charge in [-0.25, -0.2) is 4.79 Å². The summed E-state index contributed by atoms with van der Waals surface area (Å²) < 4.78 is 12.5. The van der Waals surface area contributed by atoms with Gasteiger partial charge in [0.15, 0.2) is 6.10 Å². The van der Waals surface area contributed by atoms with Crippen LogP contribution >= 0.6 is 0 Å². The number of amides is 1. The van der Waals surface area contributed by atoms with Crippen LogP contribution in [0.1, 0.15) is 130 Å². The highest BCUT2D eigenvalue weighted by molar-refractivity contribution is 5.96. The third-order valence-electron chi connectivity index (χ3n) is 12.7. The molecule has 3 unspecified atom stereocenters. The summed E-state index contributed by atoms with van der Waals surface area (Å²) in [6.07, 6.45) is 13.9. The van der Waals surface area contributed by atoms with Crippen molar-refractivity contribution in [2.75, 3.05) is 39.3 Å². The zero-order valence-corrected chi connectivity index (χ0v) is 35.5. The number of H-pyrrole nitrogens is 1. The fourth-order valence-electron chi connectivity index (χ4n) is 9.21. The van der Waals surface area contributed by atoms with Crippen LogP contribution < -0.4 is 25.8 Å². The van der Waals surface area contributed by atoms with Gasteiger partial charge in [-0.3, -0.25) is 9.59 Å². The molecule has 1 aromatic heterocycles. The highest BCUT2D eigenvalue weighted by atomic mass is 16.6. The number of hydrogen-bond acceptors (Lipinski definition) is 8. The molecular weight excluding hydrogens is 757 g/mol. The van der Waals surface area contributed by atoms with Crippen molar-refractivity contribution < 1.29 is 34.2 Å². The average Bonchev–Trinajstić information content (AvgIpc) is 3.27. The molecule has 60 heavy (non-hydrogen) atoms. The van der Waals surface area contributed by atoms with Crippen LogP contribution in [0.3, 0.4) is 0 Å².